The Labute approximate surface area is 319 Å². The van der Waals surface area contributed by atoms with Crippen LogP contribution in [0.3, 0.4) is 0 Å². The third-order valence-electron chi connectivity index (χ3n) is 11.1. The SMILES string of the molecule is C1=CC2Oc3c(-c4cccc5oc6ccccc6c45)cccc3C2C(c2nc(-c3ccc4ccccc4c3)nc(-c3cccc4c3sc3ccccc34)n2)=C1. The van der Waals surface area contributed by atoms with Gasteiger partial charge in [0.1, 0.15) is 23.0 Å². The molecule has 7 aromatic carbocycles. The van der Waals surface area contributed by atoms with Crippen LogP contribution in [0.4, 0.5) is 0 Å². The van der Waals surface area contributed by atoms with Gasteiger partial charge in [0.2, 0.25) is 0 Å². The fourth-order valence-electron chi connectivity index (χ4n) is 8.61. The lowest BCUT2D eigenvalue weighted by Gasteiger charge is -2.22. The van der Waals surface area contributed by atoms with Gasteiger partial charge >= 0.3 is 0 Å². The largest absolute Gasteiger partial charge is 0.484 e. The molecular formula is C49H29N3O2S. The molecule has 0 saturated heterocycles. The van der Waals surface area contributed by atoms with E-state index in [-0.39, 0.29) is 12.0 Å². The van der Waals surface area contributed by atoms with Crippen LogP contribution in [0.2, 0.25) is 0 Å². The van der Waals surface area contributed by atoms with Gasteiger partial charge in [-0.2, -0.15) is 0 Å². The number of hydrogen-bond donors (Lipinski definition) is 0. The maximum absolute atomic E-state index is 6.93. The van der Waals surface area contributed by atoms with E-state index in [0.29, 0.717) is 17.5 Å². The molecule has 10 aromatic rings. The summed E-state index contributed by atoms with van der Waals surface area (Å²) in [5, 5.41) is 6.95. The highest BCUT2D eigenvalue weighted by Gasteiger charge is 2.40. The minimum atomic E-state index is -0.216. The zero-order chi connectivity index (χ0) is 36.0. The molecule has 0 spiro atoms. The molecule has 4 heterocycles. The van der Waals surface area contributed by atoms with Gasteiger partial charge in [0.15, 0.2) is 17.5 Å². The lowest BCUT2D eigenvalue weighted by Crippen LogP contribution is -2.20. The number of hydrogen-bond acceptors (Lipinski definition) is 6. The Hall–Kier alpha value is -6.89. The predicted molar refractivity (Wildman–Crippen MR) is 225 cm³/mol. The molecule has 55 heavy (non-hydrogen) atoms. The first kappa shape index (κ1) is 30.6. The minimum absolute atomic E-state index is 0.111. The second-order valence-corrected chi connectivity index (χ2v) is 15.3. The molecule has 0 saturated carbocycles. The molecule has 258 valence electrons. The molecule has 2 unspecified atom stereocenters. The molecule has 6 heteroatoms. The number of para-hydroxylation sites is 2. The summed E-state index contributed by atoms with van der Waals surface area (Å²) in [6.07, 6.45) is 6.17. The maximum atomic E-state index is 6.93. The summed E-state index contributed by atoms with van der Waals surface area (Å²) in [5.41, 5.74) is 7.93. The van der Waals surface area contributed by atoms with Gasteiger partial charge < -0.3 is 9.15 Å². The van der Waals surface area contributed by atoms with Crippen molar-refractivity contribution >= 4 is 69.8 Å². The molecule has 1 aliphatic heterocycles. The summed E-state index contributed by atoms with van der Waals surface area (Å²) in [7, 11) is 0. The first-order chi connectivity index (χ1) is 27.2. The molecule has 2 atom stereocenters. The molecular weight excluding hydrogens is 695 g/mol. The Morgan fingerprint density at radius 3 is 2.24 bits per heavy atom. The average molecular weight is 724 g/mol. The molecule has 12 rings (SSSR count). The van der Waals surface area contributed by atoms with Crippen molar-refractivity contribution in [1.82, 2.24) is 15.0 Å². The minimum Gasteiger partial charge on any atom is -0.484 e. The van der Waals surface area contributed by atoms with Crippen LogP contribution >= 0.6 is 11.3 Å². The van der Waals surface area contributed by atoms with Crippen LogP contribution < -0.4 is 4.74 Å². The van der Waals surface area contributed by atoms with Gasteiger partial charge in [-0.05, 0) is 52.7 Å². The van der Waals surface area contributed by atoms with Gasteiger partial charge in [-0.1, -0.05) is 127 Å². The normalized spacial score (nSPS) is 16.2. The number of furan rings is 1. The van der Waals surface area contributed by atoms with Gasteiger partial charge in [0.25, 0.3) is 0 Å². The lowest BCUT2D eigenvalue weighted by molar-refractivity contribution is 0.272. The predicted octanol–water partition coefficient (Wildman–Crippen LogP) is 12.8. The molecule has 0 amide bonds. The molecule has 2 aliphatic rings. The van der Waals surface area contributed by atoms with Crippen LogP contribution in [-0.4, -0.2) is 21.1 Å². The van der Waals surface area contributed by atoms with Crippen LogP contribution in [0.1, 0.15) is 17.3 Å². The van der Waals surface area contributed by atoms with Crippen LogP contribution in [-0.2, 0) is 0 Å². The van der Waals surface area contributed by atoms with E-state index in [4.69, 9.17) is 24.1 Å². The van der Waals surface area contributed by atoms with Crippen molar-refractivity contribution in [1.29, 1.82) is 0 Å². The Balaban J connectivity index is 1.05. The molecule has 0 fully saturated rings. The fourth-order valence-corrected chi connectivity index (χ4v) is 9.82. The highest BCUT2D eigenvalue weighted by atomic mass is 32.1. The zero-order valence-corrected chi connectivity index (χ0v) is 30.1. The van der Waals surface area contributed by atoms with Crippen molar-refractivity contribution in [3.05, 3.63) is 175 Å². The zero-order valence-electron chi connectivity index (χ0n) is 29.3. The number of fused-ring (bicyclic) bond motifs is 10. The van der Waals surface area contributed by atoms with Gasteiger partial charge in [-0.15, -0.1) is 11.3 Å². The van der Waals surface area contributed by atoms with Crippen molar-refractivity contribution < 1.29 is 9.15 Å². The fraction of sp³-hybridized carbons (Fsp3) is 0.0408. The van der Waals surface area contributed by atoms with Gasteiger partial charge in [-0.3, -0.25) is 0 Å². The summed E-state index contributed by atoms with van der Waals surface area (Å²) >= 11 is 1.78. The summed E-state index contributed by atoms with van der Waals surface area (Å²) in [6.45, 7) is 0. The van der Waals surface area contributed by atoms with E-state index in [1.807, 2.05) is 18.2 Å². The number of thiophene rings is 1. The quantitative estimate of drug-likeness (QED) is 0.181. The van der Waals surface area contributed by atoms with E-state index in [1.54, 1.807) is 11.3 Å². The van der Waals surface area contributed by atoms with Crippen LogP contribution in [0.25, 0.3) is 92.4 Å². The summed E-state index contributed by atoms with van der Waals surface area (Å²) in [6, 6.07) is 50.8. The molecule has 0 bridgehead atoms. The Morgan fingerprint density at radius 1 is 0.545 bits per heavy atom. The van der Waals surface area contributed by atoms with E-state index in [2.05, 4.69) is 146 Å². The molecule has 5 nitrogen and oxygen atoms in total. The van der Waals surface area contributed by atoms with E-state index in [1.165, 1.54) is 25.6 Å². The Kier molecular flexibility index (Phi) is 6.56. The van der Waals surface area contributed by atoms with E-state index in [0.717, 1.165) is 66.5 Å². The number of benzene rings is 7. The van der Waals surface area contributed by atoms with Gasteiger partial charge in [0.05, 0.1) is 5.92 Å². The third-order valence-corrected chi connectivity index (χ3v) is 12.3. The second-order valence-electron chi connectivity index (χ2n) is 14.2. The first-order valence-electron chi connectivity index (χ1n) is 18.5. The monoisotopic (exact) mass is 723 g/mol. The Bertz CT molecular complexity index is 3280. The van der Waals surface area contributed by atoms with E-state index < -0.39 is 0 Å². The highest BCUT2D eigenvalue weighted by Crippen LogP contribution is 2.52. The maximum Gasteiger partial charge on any atom is 0.165 e. The van der Waals surface area contributed by atoms with E-state index in [9.17, 15) is 0 Å². The van der Waals surface area contributed by atoms with Crippen molar-refractivity contribution in [3.8, 4) is 39.7 Å². The number of allylic oxidation sites excluding steroid dienone is 2. The molecule has 1 aliphatic carbocycles. The Morgan fingerprint density at radius 2 is 1.27 bits per heavy atom. The van der Waals surface area contributed by atoms with Crippen molar-refractivity contribution in [2.45, 2.75) is 12.0 Å². The van der Waals surface area contributed by atoms with Crippen LogP contribution in [0.5, 0.6) is 5.75 Å². The van der Waals surface area contributed by atoms with E-state index >= 15 is 0 Å². The van der Waals surface area contributed by atoms with Crippen LogP contribution in [0.15, 0.2) is 168 Å². The summed E-state index contributed by atoms with van der Waals surface area (Å²) in [5.74, 6) is 2.72. The molecule has 0 radical (unpaired) electrons. The number of nitrogens with zero attached hydrogens (tertiary/aromatic N) is 3. The number of ether oxygens (including phenoxy) is 1. The van der Waals surface area contributed by atoms with Crippen molar-refractivity contribution in [3.63, 3.8) is 0 Å². The van der Waals surface area contributed by atoms with Crippen LogP contribution in [0, 0.1) is 0 Å². The summed E-state index contributed by atoms with van der Waals surface area (Å²) < 4.78 is 15.6. The average Bonchev–Trinajstić information content (AvgIpc) is 3.95. The van der Waals surface area contributed by atoms with Gasteiger partial charge in [0, 0.05) is 58.8 Å². The topological polar surface area (TPSA) is 61.0 Å². The van der Waals surface area contributed by atoms with Crippen molar-refractivity contribution in [2.24, 2.45) is 0 Å². The molecule has 3 aromatic heterocycles. The first-order valence-corrected chi connectivity index (χ1v) is 19.3. The standard InChI is InChI=1S/C49H29N3O2S/c1-2-12-29-27-30(26-25-28(29)11-1)47-50-48(52-49(51-47)38-20-8-17-34-31-13-4-6-24-42(31)55-46(34)38)37-19-10-23-41-44(37)36-18-7-16-33(45(36)54-41)32-15-9-22-40-43(32)35-14-3-5-21-39(35)53-40/h1-27,41,44H. The number of aromatic nitrogens is 3. The molecule has 0 N–H and O–H groups in total. The second kappa shape index (κ2) is 11.8. The third kappa shape index (κ3) is 4.68. The number of rotatable bonds is 4. The highest BCUT2D eigenvalue weighted by molar-refractivity contribution is 7.26. The summed E-state index contributed by atoms with van der Waals surface area (Å²) in [4.78, 5) is 15.8. The lowest BCUT2D eigenvalue weighted by atomic mass is 9.83. The van der Waals surface area contributed by atoms with Gasteiger partial charge in [-0.25, -0.2) is 15.0 Å². The smallest absolute Gasteiger partial charge is 0.165 e. The van der Waals surface area contributed by atoms with Crippen molar-refractivity contribution in [2.75, 3.05) is 0 Å².